The van der Waals surface area contributed by atoms with Crippen molar-refractivity contribution in [2.45, 2.75) is 38.5 Å². The molecule has 1 aromatic heterocycles. The van der Waals surface area contributed by atoms with Crippen molar-refractivity contribution in [3.8, 4) is 0 Å². The summed E-state index contributed by atoms with van der Waals surface area (Å²) in [7, 11) is 0. The van der Waals surface area contributed by atoms with E-state index in [-0.39, 0.29) is 31.8 Å². The quantitative estimate of drug-likeness (QED) is 0.674. The number of nitrogens with zero attached hydrogens (tertiary/aromatic N) is 2. The third kappa shape index (κ3) is 1.93. The molecule has 22 heavy (non-hydrogen) atoms. The highest BCUT2D eigenvalue weighted by molar-refractivity contribution is 7.14. The third-order valence-corrected chi connectivity index (χ3v) is 4.99. The summed E-state index contributed by atoms with van der Waals surface area (Å²) in [6.07, 6.45) is 0.153. The predicted molar refractivity (Wildman–Crippen MR) is 78.7 cm³/mol. The van der Waals surface area contributed by atoms with Crippen LogP contribution < -0.4 is 5.73 Å². The zero-order valence-corrected chi connectivity index (χ0v) is 12.9. The van der Waals surface area contributed by atoms with Gasteiger partial charge in [0, 0.05) is 30.3 Å². The molecule has 0 unspecified atom stereocenters. The number of rotatable bonds is 3. The summed E-state index contributed by atoms with van der Waals surface area (Å²) in [6, 6.07) is 0. The maximum absolute atomic E-state index is 15.4. The van der Waals surface area contributed by atoms with Crippen LogP contribution in [0.3, 0.4) is 0 Å². The summed E-state index contributed by atoms with van der Waals surface area (Å²) in [5.74, 6) is -4.33. The van der Waals surface area contributed by atoms with E-state index >= 15 is 4.39 Å². The van der Waals surface area contributed by atoms with Gasteiger partial charge in [0.2, 0.25) is 5.91 Å². The maximum Gasteiger partial charge on any atom is 0.288 e. The van der Waals surface area contributed by atoms with Crippen LogP contribution in [-0.2, 0) is 16.1 Å². The van der Waals surface area contributed by atoms with Gasteiger partial charge < -0.3 is 5.73 Å². The molecule has 2 aliphatic heterocycles. The Bertz CT molecular complexity index is 674. The molecular weight excluding hydrogens is 309 g/mol. The van der Waals surface area contributed by atoms with E-state index in [0.717, 1.165) is 9.80 Å². The molecule has 1 fully saturated rings. The highest BCUT2D eigenvalue weighted by Gasteiger charge is 2.55. The molecule has 1 aromatic rings. The molecule has 2 N–H and O–H groups in total. The monoisotopic (exact) mass is 325 g/mol. The summed E-state index contributed by atoms with van der Waals surface area (Å²) >= 11 is 1.23. The molecular formula is C14H16FN3O3S. The van der Waals surface area contributed by atoms with Gasteiger partial charge in [-0.05, 0) is 6.42 Å². The number of hydrogen-bond donors (Lipinski definition) is 1. The number of piperidine rings is 1. The zero-order chi connectivity index (χ0) is 16.1. The lowest BCUT2D eigenvalue weighted by Crippen LogP contribution is -2.61. The maximum atomic E-state index is 15.4. The predicted octanol–water partition coefficient (Wildman–Crippen LogP) is 1.51. The number of hydrogen-bond acceptors (Lipinski definition) is 5. The highest BCUT2D eigenvalue weighted by Crippen LogP contribution is 2.41. The first kappa shape index (κ1) is 15.0. The topological polar surface area (TPSA) is 83.7 Å². The average molecular weight is 325 g/mol. The lowest BCUT2D eigenvalue weighted by Gasteiger charge is -2.40. The number of likely N-dealkylation sites (tertiary alicyclic amines) is 1. The van der Waals surface area contributed by atoms with Gasteiger partial charge in [0.15, 0.2) is 0 Å². The number of amides is 3. The molecule has 2 aliphatic rings. The molecule has 0 saturated carbocycles. The number of nitrogens with two attached hydrogens (primary N) is 1. The van der Waals surface area contributed by atoms with E-state index in [1.54, 1.807) is 12.3 Å². The first-order valence-electron chi connectivity index (χ1n) is 7.11. The van der Waals surface area contributed by atoms with Crippen molar-refractivity contribution in [1.82, 2.24) is 9.80 Å². The fourth-order valence-electron chi connectivity index (χ4n) is 2.94. The molecule has 8 heteroatoms. The van der Waals surface area contributed by atoms with E-state index in [9.17, 15) is 14.4 Å². The van der Waals surface area contributed by atoms with Crippen LogP contribution in [0.4, 0.5) is 9.39 Å². The molecule has 3 heterocycles. The number of carbonyl (C=O) groups excluding carboxylic acids is 3. The number of imide groups is 1. The van der Waals surface area contributed by atoms with Gasteiger partial charge in [-0.15, -0.1) is 11.3 Å². The van der Waals surface area contributed by atoms with Crippen molar-refractivity contribution in [2.24, 2.45) is 0 Å². The number of halogens is 1. The van der Waals surface area contributed by atoms with E-state index < -0.39 is 17.6 Å². The van der Waals surface area contributed by atoms with E-state index in [4.69, 9.17) is 5.73 Å². The molecule has 0 spiro atoms. The minimum atomic E-state index is -2.47. The normalized spacial score (nSPS) is 25.1. The summed E-state index contributed by atoms with van der Waals surface area (Å²) in [5.41, 5.74) is 6.71. The van der Waals surface area contributed by atoms with Crippen molar-refractivity contribution in [3.63, 3.8) is 0 Å². The van der Waals surface area contributed by atoms with Gasteiger partial charge >= 0.3 is 0 Å². The minimum Gasteiger partial charge on any atom is -0.390 e. The van der Waals surface area contributed by atoms with Gasteiger partial charge in [0.1, 0.15) is 0 Å². The lowest BCUT2D eigenvalue weighted by molar-refractivity contribution is -0.170. The fourth-order valence-corrected chi connectivity index (χ4v) is 3.74. The van der Waals surface area contributed by atoms with Crippen LogP contribution >= 0.6 is 11.3 Å². The largest absolute Gasteiger partial charge is 0.390 e. The molecule has 1 saturated heterocycles. The van der Waals surface area contributed by atoms with E-state index in [2.05, 4.69) is 0 Å². The number of thiophene rings is 1. The molecule has 6 nitrogen and oxygen atoms in total. The van der Waals surface area contributed by atoms with Crippen LogP contribution in [0.15, 0.2) is 5.38 Å². The molecule has 3 amide bonds. The second-order valence-corrected chi connectivity index (χ2v) is 6.40. The summed E-state index contributed by atoms with van der Waals surface area (Å²) in [5, 5.41) is 2.04. The number of carbonyl (C=O) groups is 3. The fraction of sp³-hybridized carbons (Fsp3) is 0.500. The standard InChI is InChI=1S/C14H16FN3O3S/c1-2-5-17-10(19)3-4-14(15,13(17)21)18-6-8-9(12(18)20)7-22-11(8)16/h7H,2-6,16H2,1H3/t14-/m1/s1. The van der Waals surface area contributed by atoms with Crippen LogP contribution in [0.1, 0.15) is 42.1 Å². The SMILES string of the molecule is CCCN1C(=O)CC[C@@](F)(N2Cc3c(csc3N)C2=O)C1=O. The van der Waals surface area contributed by atoms with E-state index in [1.165, 1.54) is 11.3 Å². The molecule has 0 aliphatic carbocycles. The smallest absolute Gasteiger partial charge is 0.288 e. The Morgan fingerprint density at radius 1 is 1.41 bits per heavy atom. The number of fused-ring (bicyclic) bond motifs is 1. The minimum absolute atomic E-state index is 0.0279. The third-order valence-electron chi connectivity index (χ3n) is 4.14. The van der Waals surface area contributed by atoms with Gasteiger partial charge in [-0.3, -0.25) is 24.2 Å². The van der Waals surface area contributed by atoms with Crippen LogP contribution in [0.25, 0.3) is 0 Å². The molecule has 3 rings (SSSR count). The number of anilines is 1. The van der Waals surface area contributed by atoms with Crippen molar-refractivity contribution >= 4 is 34.1 Å². The Labute approximate surface area is 130 Å². The Hall–Kier alpha value is -1.96. The summed E-state index contributed by atoms with van der Waals surface area (Å²) in [4.78, 5) is 38.5. The second-order valence-electron chi connectivity index (χ2n) is 5.49. The second kappa shape index (κ2) is 5.05. The zero-order valence-electron chi connectivity index (χ0n) is 12.1. The molecule has 1 atom stereocenters. The summed E-state index contributed by atoms with van der Waals surface area (Å²) in [6.45, 7) is 1.93. The molecule has 118 valence electrons. The van der Waals surface area contributed by atoms with E-state index in [0.29, 0.717) is 22.5 Å². The van der Waals surface area contributed by atoms with Crippen LogP contribution in [0.5, 0.6) is 0 Å². The van der Waals surface area contributed by atoms with Gasteiger partial charge in [-0.1, -0.05) is 6.92 Å². The first-order valence-corrected chi connectivity index (χ1v) is 7.99. The number of nitrogen functional groups attached to an aromatic ring is 1. The first-order chi connectivity index (χ1) is 10.4. The Balaban J connectivity index is 1.92. The average Bonchev–Trinajstić information content (AvgIpc) is 3.01. The lowest BCUT2D eigenvalue weighted by atomic mass is 9.99. The Kier molecular flexibility index (Phi) is 3.43. The van der Waals surface area contributed by atoms with Crippen LogP contribution in [0, 0.1) is 0 Å². The van der Waals surface area contributed by atoms with Crippen molar-refractivity contribution in [1.29, 1.82) is 0 Å². The summed E-state index contributed by atoms with van der Waals surface area (Å²) < 4.78 is 15.4. The number of alkyl halides is 1. The van der Waals surface area contributed by atoms with Gasteiger partial charge in [-0.2, -0.15) is 0 Å². The van der Waals surface area contributed by atoms with Crippen molar-refractivity contribution < 1.29 is 18.8 Å². The van der Waals surface area contributed by atoms with E-state index in [1.807, 2.05) is 0 Å². The van der Waals surface area contributed by atoms with Crippen molar-refractivity contribution in [3.05, 3.63) is 16.5 Å². The van der Waals surface area contributed by atoms with Crippen molar-refractivity contribution in [2.75, 3.05) is 12.3 Å². The van der Waals surface area contributed by atoms with Gasteiger partial charge in [0.05, 0.1) is 17.1 Å². The molecule has 0 radical (unpaired) electrons. The van der Waals surface area contributed by atoms with Crippen LogP contribution in [-0.4, -0.2) is 39.9 Å². The molecule has 0 aromatic carbocycles. The van der Waals surface area contributed by atoms with Gasteiger partial charge in [0.25, 0.3) is 17.6 Å². The molecule has 0 bridgehead atoms. The Morgan fingerprint density at radius 2 is 2.14 bits per heavy atom. The Morgan fingerprint density at radius 3 is 2.77 bits per heavy atom. The highest BCUT2D eigenvalue weighted by atomic mass is 32.1. The van der Waals surface area contributed by atoms with Crippen LogP contribution in [0.2, 0.25) is 0 Å². The van der Waals surface area contributed by atoms with Gasteiger partial charge in [-0.25, -0.2) is 4.39 Å².